The van der Waals surface area contributed by atoms with Crippen LogP contribution in [-0.2, 0) is 0 Å². The van der Waals surface area contributed by atoms with E-state index in [2.05, 4.69) is 27.2 Å². The van der Waals surface area contributed by atoms with Crippen molar-refractivity contribution in [3.8, 4) is 0 Å². The molecule has 0 aromatic heterocycles. The van der Waals surface area contributed by atoms with Gasteiger partial charge in [-0.3, -0.25) is 0 Å². The summed E-state index contributed by atoms with van der Waals surface area (Å²) in [6.07, 6.45) is 4.84. The maximum Gasteiger partial charge on any atom is -0.0496 e. The zero-order valence-electron chi connectivity index (χ0n) is 5.57. The lowest BCUT2D eigenvalue weighted by Gasteiger charge is -2.05. The molecule has 0 amide bonds. The Bertz CT molecular complexity index is 29.0. The molecule has 0 nitrogen and oxygen atoms in total. The summed E-state index contributed by atoms with van der Waals surface area (Å²) in [5, 5.41) is 0. The summed E-state index contributed by atoms with van der Waals surface area (Å²) in [7, 11) is 0. The molecule has 0 aliphatic heterocycles. The van der Waals surface area contributed by atoms with Crippen LogP contribution in [0.25, 0.3) is 0 Å². The molecule has 44 valence electrons. The van der Waals surface area contributed by atoms with Crippen molar-refractivity contribution < 1.29 is 0 Å². The molecule has 0 aliphatic rings. The van der Waals surface area contributed by atoms with Crippen molar-refractivity contribution >= 4 is 0 Å². The predicted molar refractivity (Wildman–Crippen MR) is 34.0 cm³/mol. The van der Waals surface area contributed by atoms with Gasteiger partial charge < -0.3 is 6.42 Å². The molecule has 0 bridgehead atoms. The van der Waals surface area contributed by atoms with Gasteiger partial charge in [-0.1, -0.05) is 20.3 Å². The molecule has 0 heteroatoms. The van der Waals surface area contributed by atoms with E-state index in [0.717, 1.165) is 5.92 Å². The largest absolute Gasteiger partial charge is 0.332 e. The standard InChI is InChI=1S/C7H15/c1-4-5-6-7(2)3/h4,7H,5-6H2,1-3H3/q-1. The minimum absolute atomic E-state index is 0.871. The normalized spacial score (nSPS) is 10.3. The van der Waals surface area contributed by atoms with E-state index in [4.69, 9.17) is 0 Å². The van der Waals surface area contributed by atoms with Gasteiger partial charge >= 0.3 is 0 Å². The average Bonchev–Trinajstić information content (AvgIpc) is 1.61. The molecule has 0 saturated carbocycles. The van der Waals surface area contributed by atoms with Gasteiger partial charge in [0, 0.05) is 0 Å². The fourth-order valence-corrected chi connectivity index (χ4v) is 0.500. The highest BCUT2D eigenvalue weighted by Crippen LogP contribution is 2.03. The highest BCUT2D eigenvalue weighted by Gasteiger charge is 1.84. The molecule has 0 saturated heterocycles. The van der Waals surface area contributed by atoms with Crippen LogP contribution in [0.1, 0.15) is 33.6 Å². The third kappa shape index (κ3) is 6.00. The summed E-state index contributed by atoms with van der Waals surface area (Å²) < 4.78 is 0. The highest BCUT2D eigenvalue weighted by molar-refractivity contribution is 4.56. The molecular weight excluding hydrogens is 84.1 g/mol. The molecule has 0 radical (unpaired) electrons. The molecule has 0 rings (SSSR count). The zero-order chi connectivity index (χ0) is 5.70. The molecule has 0 spiro atoms. The van der Waals surface area contributed by atoms with Crippen LogP contribution in [0.5, 0.6) is 0 Å². The van der Waals surface area contributed by atoms with E-state index in [0.29, 0.717) is 0 Å². The van der Waals surface area contributed by atoms with Crippen LogP contribution in [0.3, 0.4) is 0 Å². The van der Waals surface area contributed by atoms with Gasteiger partial charge in [-0.25, -0.2) is 0 Å². The molecule has 0 aromatic carbocycles. The number of hydrogen-bond acceptors (Lipinski definition) is 0. The summed E-state index contributed by atoms with van der Waals surface area (Å²) in [6, 6.07) is 0. The van der Waals surface area contributed by atoms with Crippen LogP contribution in [0.15, 0.2) is 0 Å². The zero-order valence-corrected chi connectivity index (χ0v) is 5.57. The first-order chi connectivity index (χ1) is 3.27. The van der Waals surface area contributed by atoms with Gasteiger partial charge in [0.25, 0.3) is 0 Å². The Morgan fingerprint density at radius 3 is 2.14 bits per heavy atom. The van der Waals surface area contributed by atoms with E-state index in [1.54, 1.807) is 0 Å². The quantitative estimate of drug-likeness (QED) is 0.477. The van der Waals surface area contributed by atoms with Crippen LogP contribution < -0.4 is 0 Å². The maximum absolute atomic E-state index is 2.25. The van der Waals surface area contributed by atoms with Crippen molar-refractivity contribution in [3.05, 3.63) is 6.42 Å². The lowest BCUT2D eigenvalue weighted by molar-refractivity contribution is 0.583. The summed E-state index contributed by atoms with van der Waals surface area (Å²) >= 11 is 0. The lowest BCUT2D eigenvalue weighted by Crippen LogP contribution is -1.84. The fraction of sp³-hybridized carbons (Fsp3) is 0.857. The van der Waals surface area contributed by atoms with Gasteiger partial charge in [-0.15, -0.1) is 0 Å². The van der Waals surface area contributed by atoms with Gasteiger partial charge in [0.15, 0.2) is 0 Å². The Morgan fingerprint density at radius 1 is 1.43 bits per heavy atom. The molecule has 0 heterocycles. The van der Waals surface area contributed by atoms with Gasteiger partial charge in [-0.05, 0) is 5.92 Å². The molecular formula is C7H15-. The van der Waals surface area contributed by atoms with E-state index in [-0.39, 0.29) is 0 Å². The van der Waals surface area contributed by atoms with Crippen LogP contribution in [-0.4, -0.2) is 0 Å². The Balaban J connectivity index is 2.68. The second-order valence-corrected chi connectivity index (χ2v) is 2.38. The summed E-state index contributed by atoms with van der Waals surface area (Å²) in [4.78, 5) is 0. The van der Waals surface area contributed by atoms with Gasteiger partial charge in [0.2, 0.25) is 0 Å². The number of hydrogen-bond donors (Lipinski definition) is 0. The first kappa shape index (κ1) is 7.00. The smallest absolute Gasteiger partial charge is 0.0496 e. The molecule has 0 N–H and O–H groups in total. The Morgan fingerprint density at radius 2 is 2.00 bits per heavy atom. The average molecular weight is 99.2 g/mol. The molecule has 7 heavy (non-hydrogen) atoms. The first-order valence-corrected chi connectivity index (χ1v) is 3.05. The first-order valence-electron chi connectivity index (χ1n) is 3.05. The number of rotatable bonds is 3. The van der Waals surface area contributed by atoms with Crippen LogP contribution >= 0.6 is 0 Å². The van der Waals surface area contributed by atoms with Gasteiger partial charge in [0.1, 0.15) is 0 Å². The van der Waals surface area contributed by atoms with E-state index in [1.165, 1.54) is 12.8 Å². The Kier molecular flexibility index (Phi) is 4.17. The van der Waals surface area contributed by atoms with Crippen molar-refractivity contribution in [2.45, 2.75) is 33.6 Å². The van der Waals surface area contributed by atoms with Crippen molar-refractivity contribution in [3.63, 3.8) is 0 Å². The van der Waals surface area contributed by atoms with Crippen LogP contribution in [0.4, 0.5) is 0 Å². The fourth-order valence-electron chi connectivity index (χ4n) is 0.500. The lowest BCUT2D eigenvalue weighted by atomic mass is 10.1. The van der Waals surface area contributed by atoms with E-state index in [9.17, 15) is 0 Å². The van der Waals surface area contributed by atoms with Crippen LogP contribution in [0, 0.1) is 12.3 Å². The Labute approximate surface area is 46.9 Å². The Hall–Kier alpha value is 0. The molecule has 0 unspecified atom stereocenters. The number of unbranched alkanes of at least 4 members (excludes halogenated alkanes) is 1. The second kappa shape index (κ2) is 4.17. The molecule has 0 aliphatic carbocycles. The summed E-state index contributed by atoms with van der Waals surface area (Å²) in [5.41, 5.74) is 0. The van der Waals surface area contributed by atoms with Crippen molar-refractivity contribution in [2.24, 2.45) is 5.92 Å². The third-order valence-electron chi connectivity index (χ3n) is 1.03. The summed E-state index contributed by atoms with van der Waals surface area (Å²) in [6.45, 7) is 6.62. The predicted octanol–water partition coefficient (Wildman–Crippen LogP) is 2.65. The van der Waals surface area contributed by atoms with Crippen molar-refractivity contribution in [1.82, 2.24) is 0 Å². The van der Waals surface area contributed by atoms with Crippen molar-refractivity contribution in [1.29, 1.82) is 0 Å². The molecule has 0 atom stereocenters. The van der Waals surface area contributed by atoms with E-state index >= 15 is 0 Å². The van der Waals surface area contributed by atoms with Gasteiger partial charge in [-0.2, -0.15) is 13.3 Å². The van der Waals surface area contributed by atoms with E-state index in [1.807, 2.05) is 0 Å². The topological polar surface area (TPSA) is 0 Å². The second-order valence-electron chi connectivity index (χ2n) is 2.38. The summed E-state index contributed by atoms with van der Waals surface area (Å²) in [5.74, 6) is 0.871. The SMILES string of the molecule is C[CH-]CCC(C)C. The van der Waals surface area contributed by atoms with Crippen molar-refractivity contribution in [2.75, 3.05) is 0 Å². The minimum atomic E-state index is 0.871. The molecule has 0 aromatic rings. The van der Waals surface area contributed by atoms with Gasteiger partial charge in [0.05, 0.1) is 0 Å². The minimum Gasteiger partial charge on any atom is -0.332 e. The third-order valence-corrected chi connectivity index (χ3v) is 1.03. The maximum atomic E-state index is 2.25. The monoisotopic (exact) mass is 99.1 g/mol. The highest BCUT2D eigenvalue weighted by atomic mass is 13.9. The molecule has 0 fully saturated rings. The van der Waals surface area contributed by atoms with E-state index < -0.39 is 0 Å². The van der Waals surface area contributed by atoms with Crippen LogP contribution in [0.2, 0.25) is 0 Å².